The molecule has 0 aromatic heterocycles. The molecule has 0 saturated carbocycles. The van der Waals surface area contributed by atoms with Crippen LogP contribution in [0, 0.1) is 5.92 Å². The zero-order valence-electron chi connectivity index (χ0n) is 10.0. The first kappa shape index (κ1) is 14.2. The molecule has 14 heavy (non-hydrogen) atoms. The predicted molar refractivity (Wildman–Crippen MR) is 62.2 cm³/mol. The van der Waals surface area contributed by atoms with E-state index in [0.717, 1.165) is 5.75 Å². The predicted octanol–water partition coefficient (Wildman–Crippen LogP) is 3.30. The lowest BCUT2D eigenvalue weighted by atomic mass is 10.3. The molecule has 0 aliphatic heterocycles. The van der Waals surface area contributed by atoms with Gasteiger partial charge in [-0.3, -0.25) is 12.5 Å². The van der Waals surface area contributed by atoms with Crippen molar-refractivity contribution in [3.05, 3.63) is 0 Å². The number of hydrogen-bond acceptors (Lipinski definition) is 3. The highest BCUT2D eigenvalue weighted by atomic mass is 32.3. The van der Waals surface area contributed by atoms with E-state index in [0.29, 0.717) is 25.7 Å². The zero-order valence-corrected chi connectivity index (χ0v) is 10.9. The summed E-state index contributed by atoms with van der Waals surface area (Å²) in [6.45, 7) is 12.1. The van der Waals surface area contributed by atoms with Gasteiger partial charge in [0, 0.05) is 5.75 Å². The highest BCUT2D eigenvalue weighted by Crippen LogP contribution is 2.52. The second-order valence-electron chi connectivity index (χ2n) is 3.34. The Balaban J connectivity index is 4.37. The maximum absolute atomic E-state index is 5.66. The second-order valence-corrected chi connectivity index (χ2v) is 5.49. The molecule has 0 spiro atoms. The Labute approximate surface area is 90.1 Å². The van der Waals surface area contributed by atoms with E-state index >= 15 is 0 Å². The fraction of sp³-hybridized carbons (Fsp3) is 1.00. The average Bonchev–Trinajstić information content (AvgIpc) is 2.03. The maximum atomic E-state index is 5.66. The van der Waals surface area contributed by atoms with Crippen LogP contribution in [0.3, 0.4) is 0 Å². The summed E-state index contributed by atoms with van der Waals surface area (Å²) in [4.78, 5) is 0. The van der Waals surface area contributed by atoms with Crippen LogP contribution in [0.25, 0.3) is 0 Å². The Hall–Kier alpha value is 0.230. The summed E-state index contributed by atoms with van der Waals surface area (Å²) in [5.74, 6) is 1.37. The van der Waals surface area contributed by atoms with E-state index in [4.69, 9.17) is 12.5 Å². The molecule has 4 heteroatoms. The molecule has 0 radical (unpaired) electrons. The van der Waals surface area contributed by atoms with Crippen LogP contribution < -0.4 is 0 Å². The van der Waals surface area contributed by atoms with E-state index in [1.54, 1.807) is 0 Å². The van der Waals surface area contributed by atoms with Gasteiger partial charge in [-0.2, -0.15) is 0 Å². The molecule has 0 rings (SSSR count). The van der Waals surface area contributed by atoms with Crippen LogP contribution >= 0.6 is 10.9 Å². The summed E-state index contributed by atoms with van der Waals surface area (Å²) in [7, 11) is -1.75. The average molecular weight is 224 g/mol. The SMILES string of the molecule is CCOS(CC(C)C)(OCC)OCC. The van der Waals surface area contributed by atoms with Crippen LogP contribution in [0.1, 0.15) is 34.6 Å². The molecule has 0 fully saturated rings. The van der Waals surface area contributed by atoms with Crippen molar-refractivity contribution in [2.75, 3.05) is 25.6 Å². The minimum atomic E-state index is -1.75. The van der Waals surface area contributed by atoms with Gasteiger partial charge in [-0.25, -0.2) is 0 Å². The molecule has 3 nitrogen and oxygen atoms in total. The Bertz CT molecular complexity index is 122. The van der Waals surface area contributed by atoms with Crippen LogP contribution in [0.2, 0.25) is 0 Å². The van der Waals surface area contributed by atoms with E-state index in [1.165, 1.54) is 0 Å². The highest BCUT2D eigenvalue weighted by molar-refractivity contribution is 8.21. The largest absolute Gasteiger partial charge is 0.293 e. The molecular weight excluding hydrogens is 200 g/mol. The Morgan fingerprint density at radius 1 is 0.857 bits per heavy atom. The third kappa shape index (κ3) is 5.20. The summed E-state index contributed by atoms with van der Waals surface area (Å²) in [6.07, 6.45) is 0. The van der Waals surface area contributed by atoms with E-state index in [1.807, 2.05) is 20.8 Å². The van der Waals surface area contributed by atoms with Crippen molar-refractivity contribution in [1.29, 1.82) is 0 Å². The summed E-state index contributed by atoms with van der Waals surface area (Å²) in [5, 5.41) is 0. The monoisotopic (exact) mass is 224 g/mol. The van der Waals surface area contributed by atoms with Crippen molar-refractivity contribution in [3.8, 4) is 0 Å². The van der Waals surface area contributed by atoms with Crippen molar-refractivity contribution in [1.82, 2.24) is 0 Å². The smallest absolute Gasteiger partial charge is 0.0889 e. The molecule has 0 aromatic rings. The Morgan fingerprint density at radius 3 is 1.43 bits per heavy atom. The standard InChI is InChI=1S/C10H24O3S/c1-6-11-14(12-7-2,13-8-3)9-10(4)5/h10H,6-9H2,1-5H3. The molecule has 88 valence electrons. The molecule has 0 N–H and O–H groups in total. The van der Waals surface area contributed by atoms with Gasteiger partial charge in [0.25, 0.3) is 0 Å². The Kier molecular flexibility index (Phi) is 7.64. The minimum absolute atomic E-state index is 0.523. The molecule has 0 heterocycles. The first-order valence-electron chi connectivity index (χ1n) is 5.34. The van der Waals surface area contributed by atoms with Crippen molar-refractivity contribution in [2.45, 2.75) is 34.6 Å². The minimum Gasteiger partial charge on any atom is -0.293 e. The molecular formula is C10H24O3S. The molecule has 0 amide bonds. The molecule has 0 bridgehead atoms. The lowest BCUT2D eigenvalue weighted by Crippen LogP contribution is -2.19. The third-order valence-corrected chi connectivity index (χ3v) is 4.29. The fourth-order valence-electron chi connectivity index (χ4n) is 1.19. The van der Waals surface area contributed by atoms with E-state index in [2.05, 4.69) is 13.8 Å². The first-order valence-corrected chi connectivity index (χ1v) is 6.92. The van der Waals surface area contributed by atoms with Crippen molar-refractivity contribution in [2.24, 2.45) is 5.92 Å². The number of hydrogen-bond donors (Lipinski definition) is 0. The molecule has 0 saturated heterocycles. The first-order chi connectivity index (χ1) is 6.60. The van der Waals surface area contributed by atoms with Gasteiger partial charge in [0.05, 0.1) is 30.7 Å². The summed E-state index contributed by atoms with van der Waals surface area (Å²) < 4.78 is 17.0. The van der Waals surface area contributed by atoms with Gasteiger partial charge in [0.15, 0.2) is 0 Å². The molecule has 0 aliphatic rings. The van der Waals surface area contributed by atoms with E-state index < -0.39 is 10.9 Å². The fourth-order valence-corrected chi connectivity index (χ4v) is 3.58. The van der Waals surface area contributed by atoms with Crippen LogP contribution in [0.4, 0.5) is 0 Å². The van der Waals surface area contributed by atoms with Gasteiger partial charge in [0.1, 0.15) is 0 Å². The van der Waals surface area contributed by atoms with Crippen molar-refractivity contribution in [3.63, 3.8) is 0 Å². The van der Waals surface area contributed by atoms with Crippen LogP contribution in [0.5, 0.6) is 0 Å². The summed E-state index contributed by atoms with van der Waals surface area (Å²) >= 11 is 0. The Morgan fingerprint density at radius 2 is 1.21 bits per heavy atom. The van der Waals surface area contributed by atoms with Gasteiger partial charge >= 0.3 is 0 Å². The van der Waals surface area contributed by atoms with E-state index in [9.17, 15) is 0 Å². The maximum Gasteiger partial charge on any atom is 0.0889 e. The van der Waals surface area contributed by atoms with Gasteiger partial charge in [-0.1, -0.05) is 13.8 Å². The normalized spacial score (nSPS) is 13.6. The van der Waals surface area contributed by atoms with E-state index in [-0.39, 0.29) is 0 Å². The summed E-state index contributed by atoms with van der Waals surface area (Å²) in [6, 6.07) is 0. The van der Waals surface area contributed by atoms with Gasteiger partial charge in [0.2, 0.25) is 0 Å². The van der Waals surface area contributed by atoms with Gasteiger partial charge in [-0.15, -0.1) is 0 Å². The lowest BCUT2D eigenvalue weighted by Gasteiger charge is -2.37. The topological polar surface area (TPSA) is 27.7 Å². The lowest BCUT2D eigenvalue weighted by molar-refractivity contribution is 0.183. The molecule has 0 unspecified atom stereocenters. The van der Waals surface area contributed by atoms with Crippen molar-refractivity contribution < 1.29 is 12.5 Å². The third-order valence-electron chi connectivity index (χ3n) is 1.43. The quantitative estimate of drug-likeness (QED) is 0.633. The highest BCUT2D eigenvalue weighted by Gasteiger charge is 2.27. The van der Waals surface area contributed by atoms with Crippen LogP contribution in [-0.4, -0.2) is 25.6 Å². The molecule has 0 aliphatic carbocycles. The summed E-state index contributed by atoms with van der Waals surface area (Å²) in [5.41, 5.74) is 0. The van der Waals surface area contributed by atoms with Gasteiger partial charge in [-0.05, 0) is 26.7 Å². The van der Waals surface area contributed by atoms with Gasteiger partial charge < -0.3 is 0 Å². The van der Waals surface area contributed by atoms with Crippen molar-refractivity contribution >= 4 is 10.9 Å². The zero-order chi connectivity index (χ0) is 11.0. The second kappa shape index (κ2) is 7.51. The number of rotatable bonds is 8. The molecule has 0 aromatic carbocycles. The van der Waals surface area contributed by atoms with Crippen LogP contribution in [0.15, 0.2) is 0 Å². The van der Waals surface area contributed by atoms with Crippen LogP contribution in [-0.2, 0) is 12.5 Å². The molecule has 0 atom stereocenters.